The molecule has 0 amide bonds. The van der Waals surface area contributed by atoms with Crippen LogP contribution in [-0.2, 0) is 14.8 Å². The molecular formula is C14H21NO4S2. The number of thioether (sulfide) groups is 1. The first-order valence-corrected chi connectivity index (χ1v) is 9.38. The van der Waals surface area contributed by atoms with Crippen molar-refractivity contribution in [3.63, 3.8) is 0 Å². The van der Waals surface area contributed by atoms with Gasteiger partial charge in [0.2, 0.25) is 10.0 Å². The van der Waals surface area contributed by atoms with E-state index < -0.39 is 22.0 Å². The summed E-state index contributed by atoms with van der Waals surface area (Å²) in [4.78, 5) is 11.4. The van der Waals surface area contributed by atoms with Gasteiger partial charge < -0.3 is 5.11 Å². The molecular weight excluding hydrogens is 310 g/mol. The fourth-order valence-electron chi connectivity index (χ4n) is 2.31. The first kappa shape index (κ1) is 18.0. The molecule has 0 aliphatic rings. The van der Waals surface area contributed by atoms with Crippen molar-refractivity contribution in [2.75, 3.05) is 12.0 Å². The number of sulfonamides is 1. The first-order chi connectivity index (χ1) is 9.69. The SMILES string of the molecule is CSCC[C@H](NS(=O)(=O)c1c(C)cc(C)cc1C)C(=O)O. The van der Waals surface area contributed by atoms with E-state index in [2.05, 4.69) is 4.72 Å². The molecule has 5 nitrogen and oxygen atoms in total. The Morgan fingerprint density at radius 2 is 1.81 bits per heavy atom. The maximum absolute atomic E-state index is 12.5. The Morgan fingerprint density at radius 1 is 1.29 bits per heavy atom. The topological polar surface area (TPSA) is 83.5 Å². The number of hydrogen-bond acceptors (Lipinski definition) is 4. The van der Waals surface area contributed by atoms with Crippen LogP contribution in [0.5, 0.6) is 0 Å². The molecule has 0 spiro atoms. The smallest absolute Gasteiger partial charge is 0.321 e. The fourth-order valence-corrected chi connectivity index (χ4v) is 4.45. The normalized spacial score (nSPS) is 13.1. The van der Waals surface area contributed by atoms with Crippen LogP contribution in [-0.4, -0.2) is 37.5 Å². The van der Waals surface area contributed by atoms with E-state index in [-0.39, 0.29) is 11.3 Å². The molecule has 0 aliphatic carbocycles. The molecule has 21 heavy (non-hydrogen) atoms. The van der Waals surface area contributed by atoms with Crippen LogP contribution >= 0.6 is 11.8 Å². The van der Waals surface area contributed by atoms with Crippen molar-refractivity contribution in [3.05, 3.63) is 28.8 Å². The molecule has 0 heterocycles. The van der Waals surface area contributed by atoms with Crippen LogP contribution in [0.25, 0.3) is 0 Å². The third-order valence-corrected chi connectivity index (χ3v) is 5.50. The Balaban J connectivity index is 3.14. The summed E-state index contributed by atoms with van der Waals surface area (Å²) in [6.45, 7) is 5.32. The Hall–Kier alpha value is -1.05. The minimum atomic E-state index is -3.85. The molecule has 7 heteroatoms. The van der Waals surface area contributed by atoms with Gasteiger partial charge >= 0.3 is 5.97 Å². The van der Waals surface area contributed by atoms with E-state index in [0.717, 1.165) is 5.56 Å². The zero-order chi connectivity index (χ0) is 16.2. The van der Waals surface area contributed by atoms with Crippen LogP contribution in [0, 0.1) is 20.8 Å². The lowest BCUT2D eigenvalue weighted by molar-refractivity contribution is -0.139. The minimum absolute atomic E-state index is 0.170. The summed E-state index contributed by atoms with van der Waals surface area (Å²) < 4.78 is 27.3. The Labute approximate surface area is 130 Å². The summed E-state index contributed by atoms with van der Waals surface area (Å²) in [6, 6.07) is 2.45. The number of nitrogens with one attached hydrogen (secondary N) is 1. The number of benzene rings is 1. The number of hydrogen-bond donors (Lipinski definition) is 2. The van der Waals surface area contributed by atoms with Gasteiger partial charge in [0, 0.05) is 0 Å². The second kappa shape index (κ2) is 7.29. The lowest BCUT2D eigenvalue weighted by atomic mass is 10.1. The van der Waals surface area contributed by atoms with Crippen molar-refractivity contribution in [2.45, 2.75) is 38.1 Å². The molecule has 2 N–H and O–H groups in total. The number of rotatable bonds is 7. The van der Waals surface area contributed by atoms with E-state index in [0.29, 0.717) is 16.9 Å². The third kappa shape index (κ3) is 4.72. The van der Waals surface area contributed by atoms with Gasteiger partial charge in [-0.1, -0.05) is 17.7 Å². The van der Waals surface area contributed by atoms with Crippen molar-refractivity contribution in [3.8, 4) is 0 Å². The van der Waals surface area contributed by atoms with Crippen molar-refractivity contribution in [1.82, 2.24) is 4.72 Å². The highest BCUT2D eigenvalue weighted by atomic mass is 32.2. The zero-order valence-electron chi connectivity index (χ0n) is 12.6. The maximum Gasteiger partial charge on any atom is 0.321 e. The molecule has 1 rings (SSSR count). The number of carboxylic acids is 1. The summed E-state index contributed by atoms with van der Waals surface area (Å²) in [5.74, 6) is -0.583. The van der Waals surface area contributed by atoms with E-state index in [4.69, 9.17) is 5.11 Å². The van der Waals surface area contributed by atoms with Crippen LogP contribution in [0.3, 0.4) is 0 Å². The average molecular weight is 331 g/mol. The van der Waals surface area contributed by atoms with Gasteiger partial charge in [-0.25, -0.2) is 8.42 Å². The van der Waals surface area contributed by atoms with Gasteiger partial charge in [0.25, 0.3) is 0 Å². The van der Waals surface area contributed by atoms with Gasteiger partial charge in [-0.15, -0.1) is 0 Å². The van der Waals surface area contributed by atoms with Crippen molar-refractivity contribution in [2.24, 2.45) is 0 Å². The van der Waals surface area contributed by atoms with Crippen LogP contribution < -0.4 is 4.72 Å². The van der Waals surface area contributed by atoms with Crippen molar-refractivity contribution in [1.29, 1.82) is 0 Å². The summed E-state index contributed by atoms with van der Waals surface area (Å²) in [5, 5.41) is 9.16. The van der Waals surface area contributed by atoms with Crippen LogP contribution in [0.15, 0.2) is 17.0 Å². The first-order valence-electron chi connectivity index (χ1n) is 6.51. The number of carbonyl (C=O) groups is 1. The van der Waals surface area contributed by atoms with Crippen LogP contribution in [0.2, 0.25) is 0 Å². The summed E-state index contributed by atoms with van der Waals surface area (Å²) >= 11 is 1.48. The van der Waals surface area contributed by atoms with E-state index in [9.17, 15) is 13.2 Å². The number of carboxylic acid groups (broad SMARTS) is 1. The highest BCUT2D eigenvalue weighted by molar-refractivity contribution is 7.98. The molecule has 0 bridgehead atoms. The largest absolute Gasteiger partial charge is 0.480 e. The highest BCUT2D eigenvalue weighted by Gasteiger charge is 2.27. The maximum atomic E-state index is 12.5. The molecule has 0 saturated heterocycles. The van der Waals surface area contributed by atoms with Gasteiger partial charge in [-0.05, 0) is 50.3 Å². The molecule has 0 unspecified atom stereocenters. The van der Waals surface area contributed by atoms with Gasteiger partial charge in [0.1, 0.15) is 6.04 Å². The Morgan fingerprint density at radius 3 is 2.24 bits per heavy atom. The lowest BCUT2D eigenvalue weighted by Gasteiger charge is -2.17. The monoisotopic (exact) mass is 331 g/mol. The quantitative estimate of drug-likeness (QED) is 0.799. The minimum Gasteiger partial charge on any atom is -0.480 e. The van der Waals surface area contributed by atoms with E-state index in [1.807, 2.05) is 13.2 Å². The Bertz CT molecular complexity index is 603. The highest BCUT2D eigenvalue weighted by Crippen LogP contribution is 2.22. The van der Waals surface area contributed by atoms with Crippen LogP contribution in [0.4, 0.5) is 0 Å². The molecule has 0 radical (unpaired) electrons. The second-order valence-corrected chi connectivity index (χ2v) is 7.66. The number of aryl methyl sites for hydroxylation is 3. The molecule has 0 aromatic heterocycles. The average Bonchev–Trinajstić information content (AvgIpc) is 2.32. The van der Waals surface area contributed by atoms with Gasteiger partial charge in [-0.2, -0.15) is 16.5 Å². The Kier molecular flexibility index (Phi) is 6.24. The predicted molar refractivity (Wildman–Crippen MR) is 85.4 cm³/mol. The molecule has 0 fully saturated rings. The van der Waals surface area contributed by atoms with Crippen molar-refractivity contribution >= 4 is 27.8 Å². The summed E-state index contributed by atoms with van der Waals surface area (Å²) in [6.07, 6.45) is 2.10. The van der Waals surface area contributed by atoms with Gasteiger partial charge in [-0.3, -0.25) is 4.79 Å². The third-order valence-electron chi connectivity index (χ3n) is 3.08. The molecule has 0 aliphatic heterocycles. The van der Waals surface area contributed by atoms with E-state index in [1.54, 1.807) is 26.0 Å². The van der Waals surface area contributed by atoms with E-state index >= 15 is 0 Å². The lowest BCUT2D eigenvalue weighted by Crippen LogP contribution is -2.41. The molecule has 1 aromatic rings. The predicted octanol–water partition coefficient (Wildman–Crippen LogP) is 2.10. The number of aliphatic carboxylic acids is 1. The van der Waals surface area contributed by atoms with Crippen molar-refractivity contribution < 1.29 is 18.3 Å². The fraction of sp³-hybridized carbons (Fsp3) is 0.500. The molecule has 0 saturated carbocycles. The van der Waals surface area contributed by atoms with Crippen LogP contribution in [0.1, 0.15) is 23.1 Å². The van der Waals surface area contributed by atoms with E-state index in [1.165, 1.54) is 11.8 Å². The molecule has 1 atom stereocenters. The zero-order valence-corrected chi connectivity index (χ0v) is 14.3. The standard InChI is InChI=1S/C14H21NO4S2/c1-9-7-10(2)13(11(3)8-9)21(18,19)15-12(14(16)17)5-6-20-4/h7-8,12,15H,5-6H2,1-4H3,(H,16,17)/t12-/m0/s1. The second-order valence-electron chi connectivity index (χ2n) is 5.02. The molecule has 118 valence electrons. The summed E-state index contributed by atoms with van der Waals surface area (Å²) in [7, 11) is -3.85. The van der Waals surface area contributed by atoms with Gasteiger partial charge in [0.05, 0.1) is 4.90 Å². The van der Waals surface area contributed by atoms with Gasteiger partial charge in [0.15, 0.2) is 0 Å². The molecule has 1 aromatic carbocycles. The summed E-state index contributed by atoms with van der Waals surface area (Å²) in [5.41, 5.74) is 2.21.